The van der Waals surface area contributed by atoms with E-state index in [1.54, 1.807) is 12.1 Å². The van der Waals surface area contributed by atoms with Crippen LogP contribution in [0, 0.1) is 10.1 Å². The number of hydrogen-bond acceptors (Lipinski definition) is 10. The van der Waals surface area contributed by atoms with E-state index in [0.29, 0.717) is 18.9 Å². The molecule has 3 aromatic carbocycles. The van der Waals surface area contributed by atoms with Crippen LogP contribution in [0.2, 0.25) is 0 Å². The molecule has 0 spiro atoms. The summed E-state index contributed by atoms with van der Waals surface area (Å²) in [6.45, 7) is 2.14. The number of nitro benzene ring substituents is 1. The molecule has 1 amide bonds. The van der Waals surface area contributed by atoms with Gasteiger partial charge in [0.1, 0.15) is 11.3 Å². The highest BCUT2D eigenvalue weighted by atomic mass is 32.2. The first-order valence-corrected chi connectivity index (χ1v) is 13.1. The lowest BCUT2D eigenvalue weighted by molar-refractivity contribution is -0.384. The van der Waals surface area contributed by atoms with Crippen molar-refractivity contribution in [2.45, 2.75) is 4.90 Å². The van der Waals surface area contributed by atoms with E-state index in [-0.39, 0.29) is 16.3 Å². The maximum atomic E-state index is 12.7. The van der Waals surface area contributed by atoms with Crippen molar-refractivity contribution in [1.82, 2.24) is 0 Å². The van der Waals surface area contributed by atoms with Crippen LogP contribution in [0.15, 0.2) is 71.6 Å². The predicted octanol–water partition coefficient (Wildman–Crippen LogP) is 2.73. The van der Waals surface area contributed by atoms with Gasteiger partial charge in [0.15, 0.2) is 6.61 Å². The molecule has 39 heavy (non-hydrogen) atoms. The number of phenols is 1. The van der Waals surface area contributed by atoms with Crippen LogP contribution in [-0.4, -0.2) is 63.2 Å². The summed E-state index contributed by atoms with van der Waals surface area (Å²) in [5.74, 6) is -2.29. The van der Waals surface area contributed by atoms with E-state index >= 15 is 0 Å². The highest BCUT2D eigenvalue weighted by Crippen LogP contribution is 2.25. The molecule has 14 heteroatoms. The summed E-state index contributed by atoms with van der Waals surface area (Å²) >= 11 is 0. The van der Waals surface area contributed by atoms with Crippen molar-refractivity contribution >= 4 is 44.6 Å². The van der Waals surface area contributed by atoms with Gasteiger partial charge >= 0.3 is 5.97 Å². The molecule has 0 atom stereocenters. The number of carbonyl (C=O) groups is 2. The molecule has 0 bridgehead atoms. The summed E-state index contributed by atoms with van der Waals surface area (Å²) in [6, 6.07) is 14.7. The summed E-state index contributed by atoms with van der Waals surface area (Å²) in [4.78, 5) is 36.7. The van der Waals surface area contributed by atoms with E-state index in [0.717, 1.165) is 49.1 Å². The molecule has 0 radical (unpaired) electrons. The molecular formula is C25H24N4O9S. The van der Waals surface area contributed by atoms with Crippen molar-refractivity contribution in [2.24, 2.45) is 0 Å². The van der Waals surface area contributed by atoms with Crippen LogP contribution in [0.1, 0.15) is 10.4 Å². The molecule has 0 unspecified atom stereocenters. The van der Waals surface area contributed by atoms with Gasteiger partial charge in [-0.15, -0.1) is 0 Å². The summed E-state index contributed by atoms with van der Waals surface area (Å²) in [7, 11) is -4.23. The Hall–Kier alpha value is -4.69. The standard InChI is InChI=1S/C25H24N4O9S/c30-23-10-9-21(39(35,36)27-18-3-7-20(8-4-18)29(33)34)15-22(23)25(32)38-16-24(31)26-17-1-5-19(6-2-17)28-11-13-37-14-12-28/h1-10,15,27,30H,11-14,16H2,(H,26,31). The Bertz CT molecular complexity index is 1470. The largest absolute Gasteiger partial charge is 0.507 e. The van der Waals surface area contributed by atoms with Crippen molar-refractivity contribution in [3.05, 3.63) is 82.4 Å². The van der Waals surface area contributed by atoms with Gasteiger partial charge in [0.2, 0.25) is 0 Å². The van der Waals surface area contributed by atoms with E-state index < -0.39 is 44.7 Å². The Balaban J connectivity index is 1.36. The van der Waals surface area contributed by atoms with Crippen LogP contribution in [-0.2, 0) is 24.3 Å². The number of amides is 1. The number of sulfonamides is 1. The summed E-state index contributed by atoms with van der Waals surface area (Å²) < 4.78 is 38.0. The molecule has 0 aromatic heterocycles. The van der Waals surface area contributed by atoms with Gasteiger partial charge < -0.3 is 24.8 Å². The third kappa shape index (κ3) is 7.00. The number of rotatable bonds is 9. The minimum atomic E-state index is -4.23. The molecule has 0 saturated carbocycles. The highest BCUT2D eigenvalue weighted by molar-refractivity contribution is 7.92. The molecule has 4 rings (SSSR count). The minimum Gasteiger partial charge on any atom is -0.507 e. The van der Waals surface area contributed by atoms with Gasteiger partial charge in [-0.05, 0) is 54.6 Å². The number of hydrogen-bond donors (Lipinski definition) is 3. The third-order valence-electron chi connectivity index (χ3n) is 5.69. The number of phenolic OH excluding ortho intramolecular Hbond substituents is 1. The minimum absolute atomic E-state index is 0.0486. The number of anilines is 3. The lowest BCUT2D eigenvalue weighted by Gasteiger charge is -2.28. The first kappa shape index (κ1) is 27.3. The van der Waals surface area contributed by atoms with Crippen molar-refractivity contribution in [3.63, 3.8) is 0 Å². The zero-order chi connectivity index (χ0) is 28.0. The van der Waals surface area contributed by atoms with Gasteiger partial charge in [0, 0.05) is 42.3 Å². The van der Waals surface area contributed by atoms with Gasteiger partial charge in [-0.1, -0.05) is 0 Å². The second kappa shape index (κ2) is 11.8. The Morgan fingerprint density at radius 3 is 2.28 bits per heavy atom. The summed E-state index contributed by atoms with van der Waals surface area (Å²) in [5, 5.41) is 23.5. The number of nitrogens with zero attached hydrogens (tertiary/aromatic N) is 2. The molecular weight excluding hydrogens is 532 g/mol. The third-order valence-corrected chi connectivity index (χ3v) is 7.07. The summed E-state index contributed by atoms with van der Waals surface area (Å²) in [5.41, 5.74) is 0.829. The quantitative estimate of drug-likeness (QED) is 0.202. The number of morpholine rings is 1. The second-order valence-electron chi connectivity index (χ2n) is 8.36. The van der Waals surface area contributed by atoms with Crippen LogP contribution in [0.4, 0.5) is 22.7 Å². The number of nitrogens with one attached hydrogen (secondary N) is 2. The molecule has 1 saturated heterocycles. The van der Waals surface area contributed by atoms with Gasteiger partial charge in [-0.2, -0.15) is 0 Å². The molecule has 1 fully saturated rings. The smallest absolute Gasteiger partial charge is 0.342 e. The number of nitro groups is 1. The zero-order valence-corrected chi connectivity index (χ0v) is 21.2. The normalized spacial score (nSPS) is 13.4. The van der Waals surface area contributed by atoms with E-state index in [1.165, 1.54) is 12.1 Å². The van der Waals surface area contributed by atoms with Gasteiger partial charge in [-0.3, -0.25) is 19.6 Å². The average Bonchev–Trinajstić information content (AvgIpc) is 2.93. The molecule has 3 aromatic rings. The van der Waals surface area contributed by atoms with Crippen LogP contribution in [0.25, 0.3) is 0 Å². The number of ether oxygens (including phenoxy) is 2. The highest BCUT2D eigenvalue weighted by Gasteiger charge is 2.21. The average molecular weight is 557 g/mol. The number of benzene rings is 3. The molecule has 3 N–H and O–H groups in total. The number of esters is 1. The molecule has 13 nitrogen and oxygen atoms in total. The predicted molar refractivity (Wildman–Crippen MR) is 140 cm³/mol. The Morgan fingerprint density at radius 1 is 1.00 bits per heavy atom. The fourth-order valence-corrected chi connectivity index (χ4v) is 4.78. The van der Waals surface area contributed by atoms with Crippen molar-refractivity contribution < 1.29 is 37.5 Å². The van der Waals surface area contributed by atoms with E-state index in [2.05, 4.69) is 14.9 Å². The van der Waals surface area contributed by atoms with E-state index in [4.69, 9.17) is 9.47 Å². The number of carbonyl (C=O) groups excluding carboxylic acids is 2. The maximum absolute atomic E-state index is 12.7. The number of non-ortho nitro benzene ring substituents is 1. The Morgan fingerprint density at radius 2 is 1.64 bits per heavy atom. The zero-order valence-electron chi connectivity index (χ0n) is 20.4. The SMILES string of the molecule is O=C(COC(=O)c1cc(S(=O)(=O)Nc2ccc([N+](=O)[O-])cc2)ccc1O)Nc1ccc(N2CCOCC2)cc1. The van der Waals surface area contributed by atoms with Gasteiger partial charge in [-0.25, -0.2) is 13.2 Å². The number of aromatic hydroxyl groups is 1. The lowest BCUT2D eigenvalue weighted by atomic mass is 10.2. The molecule has 204 valence electrons. The topological polar surface area (TPSA) is 177 Å². The Kier molecular flexibility index (Phi) is 8.27. The second-order valence-corrected chi connectivity index (χ2v) is 10.0. The summed E-state index contributed by atoms with van der Waals surface area (Å²) in [6.07, 6.45) is 0. The van der Waals surface area contributed by atoms with Crippen molar-refractivity contribution in [1.29, 1.82) is 0 Å². The van der Waals surface area contributed by atoms with Gasteiger partial charge in [0.25, 0.3) is 21.6 Å². The van der Waals surface area contributed by atoms with E-state index in [1.807, 2.05) is 12.1 Å². The molecule has 1 aliphatic rings. The van der Waals surface area contributed by atoms with E-state index in [9.17, 15) is 33.2 Å². The van der Waals surface area contributed by atoms with Crippen molar-refractivity contribution in [3.8, 4) is 5.75 Å². The first-order valence-electron chi connectivity index (χ1n) is 11.6. The molecule has 1 heterocycles. The fraction of sp³-hybridized carbons (Fsp3) is 0.200. The van der Waals surface area contributed by atoms with Crippen LogP contribution in [0.5, 0.6) is 5.75 Å². The van der Waals surface area contributed by atoms with Gasteiger partial charge in [0.05, 0.1) is 23.0 Å². The van der Waals surface area contributed by atoms with Crippen LogP contribution in [0.3, 0.4) is 0 Å². The molecule has 0 aliphatic carbocycles. The lowest BCUT2D eigenvalue weighted by Crippen LogP contribution is -2.36. The monoisotopic (exact) mass is 556 g/mol. The first-order chi connectivity index (χ1) is 18.6. The van der Waals surface area contributed by atoms with Crippen LogP contribution >= 0.6 is 0 Å². The maximum Gasteiger partial charge on any atom is 0.342 e. The fourth-order valence-electron chi connectivity index (χ4n) is 3.69. The van der Waals surface area contributed by atoms with Crippen molar-refractivity contribution in [2.75, 3.05) is 47.8 Å². The Labute approximate surface area is 223 Å². The molecule has 1 aliphatic heterocycles. The van der Waals surface area contributed by atoms with Crippen LogP contribution < -0.4 is 14.9 Å².